The SMILES string of the molecule is CCCOC(=O)[C@H](C)OP(=O)(CCNC(=O)OCc1ccccc1)Oc1c(C)cccc1C. The van der Waals surface area contributed by atoms with E-state index in [9.17, 15) is 14.2 Å². The highest BCUT2D eigenvalue weighted by molar-refractivity contribution is 7.54. The third-order valence-corrected chi connectivity index (χ3v) is 6.48. The van der Waals surface area contributed by atoms with E-state index in [2.05, 4.69) is 5.32 Å². The molecule has 1 N–H and O–H groups in total. The van der Waals surface area contributed by atoms with Gasteiger partial charge in [-0.3, -0.25) is 4.52 Å². The average molecular weight is 477 g/mol. The summed E-state index contributed by atoms with van der Waals surface area (Å²) in [6.45, 7) is 7.29. The van der Waals surface area contributed by atoms with Gasteiger partial charge in [0.15, 0.2) is 6.10 Å². The minimum atomic E-state index is -3.84. The number of esters is 1. The molecule has 0 bridgehead atoms. The minimum absolute atomic E-state index is 0.0352. The van der Waals surface area contributed by atoms with E-state index in [-0.39, 0.29) is 25.9 Å². The summed E-state index contributed by atoms with van der Waals surface area (Å²) >= 11 is 0. The molecule has 1 unspecified atom stereocenters. The number of amides is 1. The third-order valence-electron chi connectivity index (χ3n) is 4.61. The van der Waals surface area contributed by atoms with Gasteiger partial charge in [-0.25, -0.2) is 14.2 Å². The highest BCUT2D eigenvalue weighted by Crippen LogP contribution is 2.50. The molecular formula is C24H32NO7P. The molecule has 2 rings (SSSR count). The lowest BCUT2D eigenvalue weighted by atomic mass is 10.1. The van der Waals surface area contributed by atoms with Crippen LogP contribution in [-0.4, -0.2) is 37.5 Å². The Morgan fingerprint density at radius 3 is 2.30 bits per heavy atom. The normalized spacial score (nSPS) is 13.5. The van der Waals surface area contributed by atoms with Crippen LogP contribution in [-0.2, 0) is 30.0 Å². The second kappa shape index (κ2) is 13.0. The topological polar surface area (TPSA) is 100 Å². The van der Waals surface area contributed by atoms with E-state index in [0.717, 1.165) is 16.7 Å². The van der Waals surface area contributed by atoms with Crippen LogP contribution in [0.5, 0.6) is 5.75 Å². The van der Waals surface area contributed by atoms with Crippen molar-refractivity contribution in [3.8, 4) is 5.75 Å². The van der Waals surface area contributed by atoms with E-state index >= 15 is 0 Å². The summed E-state index contributed by atoms with van der Waals surface area (Å²) in [7, 11) is -3.84. The van der Waals surface area contributed by atoms with Gasteiger partial charge in [0.1, 0.15) is 12.4 Å². The number of carbonyl (C=O) groups is 2. The molecule has 0 spiro atoms. The molecule has 0 fully saturated rings. The van der Waals surface area contributed by atoms with Crippen LogP contribution >= 0.6 is 7.60 Å². The number of rotatable bonds is 12. The lowest BCUT2D eigenvalue weighted by Gasteiger charge is -2.24. The molecule has 0 aliphatic rings. The van der Waals surface area contributed by atoms with Gasteiger partial charge in [0.25, 0.3) is 0 Å². The molecule has 0 aromatic heterocycles. The molecule has 9 heteroatoms. The third kappa shape index (κ3) is 8.91. The van der Waals surface area contributed by atoms with E-state index in [1.54, 1.807) is 0 Å². The zero-order valence-electron chi connectivity index (χ0n) is 19.5. The molecule has 0 heterocycles. The van der Waals surface area contributed by atoms with Gasteiger partial charge in [-0.15, -0.1) is 0 Å². The Morgan fingerprint density at radius 1 is 1.00 bits per heavy atom. The molecule has 1 amide bonds. The Balaban J connectivity index is 2.02. The number of aryl methyl sites for hydroxylation is 2. The van der Waals surface area contributed by atoms with Gasteiger partial charge < -0.3 is 19.3 Å². The molecule has 0 saturated carbocycles. The second-order valence-corrected chi connectivity index (χ2v) is 9.61. The van der Waals surface area contributed by atoms with Crippen molar-refractivity contribution in [2.24, 2.45) is 0 Å². The molecule has 0 aliphatic heterocycles. The first-order valence-electron chi connectivity index (χ1n) is 10.9. The standard InChI is InChI=1S/C24H32NO7P/c1-5-15-29-23(26)20(4)31-33(28,32-22-18(2)10-9-11-19(22)3)16-14-25-24(27)30-17-21-12-7-6-8-13-21/h6-13,20H,5,14-17H2,1-4H3,(H,25,27)/t20-,33?/m0/s1. The molecule has 8 nitrogen and oxygen atoms in total. The van der Waals surface area contributed by atoms with Gasteiger partial charge in [0.2, 0.25) is 0 Å². The van der Waals surface area contributed by atoms with Crippen molar-refractivity contribution < 1.29 is 32.7 Å². The largest absolute Gasteiger partial charge is 0.464 e. The van der Waals surface area contributed by atoms with Crippen molar-refractivity contribution in [2.75, 3.05) is 19.3 Å². The van der Waals surface area contributed by atoms with Crippen molar-refractivity contribution in [2.45, 2.75) is 46.8 Å². The zero-order chi connectivity index (χ0) is 24.3. The van der Waals surface area contributed by atoms with Gasteiger partial charge in [-0.05, 0) is 43.9 Å². The fourth-order valence-corrected chi connectivity index (χ4v) is 4.63. The number of hydrogen-bond donors (Lipinski definition) is 1. The first-order valence-corrected chi connectivity index (χ1v) is 12.6. The van der Waals surface area contributed by atoms with E-state index in [4.69, 9.17) is 18.5 Å². The highest BCUT2D eigenvalue weighted by atomic mass is 31.2. The quantitative estimate of drug-likeness (QED) is 0.333. The van der Waals surface area contributed by atoms with Gasteiger partial charge in [-0.2, -0.15) is 0 Å². The molecule has 2 aromatic rings. The van der Waals surface area contributed by atoms with Gasteiger partial charge in [-0.1, -0.05) is 55.5 Å². The van der Waals surface area contributed by atoms with Crippen molar-refractivity contribution in [1.82, 2.24) is 5.32 Å². The van der Waals surface area contributed by atoms with E-state index < -0.39 is 25.8 Å². The van der Waals surface area contributed by atoms with Crippen molar-refractivity contribution >= 4 is 19.7 Å². The first-order chi connectivity index (χ1) is 15.7. The van der Waals surface area contributed by atoms with Gasteiger partial charge in [0, 0.05) is 6.54 Å². The number of hydrogen-bond acceptors (Lipinski definition) is 7. The highest BCUT2D eigenvalue weighted by Gasteiger charge is 2.33. The number of carbonyl (C=O) groups excluding carboxylic acids is 2. The Morgan fingerprint density at radius 2 is 1.67 bits per heavy atom. The smallest absolute Gasteiger partial charge is 0.407 e. The molecule has 2 atom stereocenters. The van der Waals surface area contributed by atoms with Crippen molar-refractivity contribution in [3.63, 3.8) is 0 Å². The predicted octanol–water partition coefficient (Wildman–Crippen LogP) is 5.16. The monoisotopic (exact) mass is 477 g/mol. The maximum atomic E-state index is 13.6. The van der Waals surface area contributed by atoms with E-state index in [1.807, 2.05) is 69.3 Å². The molecule has 180 valence electrons. The number of para-hydroxylation sites is 1. The van der Waals surface area contributed by atoms with Crippen molar-refractivity contribution in [3.05, 3.63) is 65.2 Å². The average Bonchev–Trinajstić information content (AvgIpc) is 2.79. The molecular weight excluding hydrogens is 445 g/mol. The lowest BCUT2D eigenvalue weighted by molar-refractivity contribution is -0.151. The Kier molecular flexibility index (Phi) is 10.4. The molecule has 0 saturated heterocycles. The number of ether oxygens (including phenoxy) is 2. The van der Waals surface area contributed by atoms with Crippen LogP contribution in [0.1, 0.15) is 37.0 Å². The molecule has 2 aromatic carbocycles. The summed E-state index contributed by atoms with van der Waals surface area (Å²) in [5.74, 6) is -0.209. The Labute approximate surface area is 195 Å². The zero-order valence-corrected chi connectivity index (χ0v) is 20.4. The van der Waals surface area contributed by atoms with Crippen LogP contribution in [0.2, 0.25) is 0 Å². The number of nitrogens with one attached hydrogen (secondary N) is 1. The number of benzene rings is 2. The molecule has 0 aliphatic carbocycles. The van der Waals surface area contributed by atoms with Crippen LogP contribution in [0, 0.1) is 13.8 Å². The number of alkyl carbamates (subject to hydrolysis) is 1. The lowest BCUT2D eigenvalue weighted by Crippen LogP contribution is -2.29. The van der Waals surface area contributed by atoms with Crippen LogP contribution in [0.25, 0.3) is 0 Å². The minimum Gasteiger partial charge on any atom is -0.464 e. The molecule has 33 heavy (non-hydrogen) atoms. The summed E-state index contributed by atoms with van der Waals surface area (Å²) in [5.41, 5.74) is 2.39. The maximum absolute atomic E-state index is 13.6. The summed E-state index contributed by atoms with van der Waals surface area (Å²) in [5, 5.41) is 2.55. The summed E-state index contributed by atoms with van der Waals surface area (Å²) in [6, 6.07) is 14.8. The van der Waals surface area contributed by atoms with Crippen LogP contribution < -0.4 is 9.84 Å². The molecule has 0 radical (unpaired) electrons. The maximum Gasteiger partial charge on any atom is 0.407 e. The summed E-state index contributed by atoms with van der Waals surface area (Å²) in [4.78, 5) is 24.2. The predicted molar refractivity (Wildman–Crippen MR) is 125 cm³/mol. The van der Waals surface area contributed by atoms with E-state index in [1.165, 1.54) is 6.92 Å². The fraction of sp³-hybridized carbons (Fsp3) is 0.417. The van der Waals surface area contributed by atoms with Crippen LogP contribution in [0.15, 0.2) is 48.5 Å². The van der Waals surface area contributed by atoms with Gasteiger partial charge >= 0.3 is 19.7 Å². The van der Waals surface area contributed by atoms with Gasteiger partial charge in [0.05, 0.1) is 12.8 Å². The van der Waals surface area contributed by atoms with E-state index in [0.29, 0.717) is 12.2 Å². The summed E-state index contributed by atoms with van der Waals surface area (Å²) < 4.78 is 35.3. The fourth-order valence-electron chi connectivity index (χ4n) is 2.88. The van der Waals surface area contributed by atoms with Crippen LogP contribution in [0.3, 0.4) is 0 Å². The first kappa shape index (κ1) is 26.4. The Bertz CT molecular complexity index is 944. The second-order valence-electron chi connectivity index (χ2n) is 7.55. The van der Waals surface area contributed by atoms with Crippen molar-refractivity contribution in [1.29, 1.82) is 0 Å². The Hall–Kier alpha value is -2.83. The van der Waals surface area contributed by atoms with Crippen LogP contribution in [0.4, 0.5) is 4.79 Å². The summed E-state index contributed by atoms with van der Waals surface area (Å²) in [6.07, 6.45) is -1.26.